The predicted octanol–water partition coefficient (Wildman–Crippen LogP) is 1.81. The molecule has 0 saturated carbocycles. The molecule has 82 valence electrons. The fraction of sp³-hybridized carbons (Fsp3) is 0.909. The second-order valence-electron chi connectivity index (χ2n) is 4.82. The molecule has 0 unspecified atom stereocenters. The first-order chi connectivity index (χ1) is 6.44. The van der Waals surface area contributed by atoms with Gasteiger partial charge in [-0.05, 0) is 46.7 Å². The highest BCUT2D eigenvalue weighted by Gasteiger charge is 2.32. The molecule has 0 aromatic heterocycles. The van der Waals surface area contributed by atoms with Crippen LogP contribution in [0, 0.1) is 0 Å². The molecule has 0 radical (unpaired) electrons. The first kappa shape index (κ1) is 11.5. The molecule has 14 heavy (non-hydrogen) atoms. The van der Waals surface area contributed by atoms with Crippen molar-refractivity contribution in [3.8, 4) is 0 Å². The summed E-state index contributed by atoms with van der Waals surface area (Å²) in [4.78, 5) is 14.0. The molecule has 0 spiro atoms. The van der Waals surface area contributed by atoms with Crippen molar-refractivity contribution in [1.29, 1.82) is 0 Å². The van der Waals surface area contributed by atoms with E-state index in [1.807, 2.05) is 20.8 Å². The number of esters is 1. The van der Waals surface area contributed by atoms with Gasteiger partial charge in [0.25, 0.3) is 0 Å². The van der Waals surface area contributed by atoms with Crippen LogP contribution < -0.4 is 0 Å². The Kier molecular flexibility index (Phi) is 3.53. The number of carbonyl (C=O) groups is 1. The Balaban J connectivity index is 2.52. The van der Waals surface area contributed by atoms with Crippen LogP contribution in [-0.4, -0.2) is 35.6 Å². The smallest absolute Gasteiger partial charge is 0.323 e. The Morgan fingerprint density at radius 2 is 2.14 bits per heavy atom. The molecule has 3 nitrogen and oxygen atoms in total. The summed E-state index contributed by atoms with van der Waals surface area (Å²) in [5.74, 6) is -0.0585. The molecule has 1 fully saturated rings. The molecule has 3 heteroatoms. The van der Waals surface area contributed by atoms with Crippen molar-refractivity contribution in [2.75, 3.05) is 13.1 Å². The van der Waals surface area contributed by atoms with Crippen molar-refractivity contribution < 1.29 is 9.53 Å². The fourth-order valence-electron chi connectivity index (χ4n) is 1.84. The topological polar surface area (TPSA) is 29.5 Å². The van der Waals surface area contributed by atoms with E-state index >= 15 is 0 Å². The molecule has 0 aromatic carbocycles. The summed E-state index contributed by atoms with van der Waals surface area (Å²) in [5.41, 5.74) is -0.362. The lowest BCUT2D eigenvalue weighted by atomic mass is 10.1. The van der Waals surface area contributed by atoms with Crippen molar-refractivity contribution in [3.63, 3.8) is 0 Å². The van der Waals surface area contributed by atoms with Gasteiger partial charge in [-0.25, -0.2) is 0 Å². The lowest BCUT2D eigenvalue weighted by Crippen LogP contribution is -2.40. The summed E-state index contributed by atoms with van der Waals surface area (Å²) in [7, 11) is 0. The Bertz CT molecular complexity index is 208. The molecule has 0 aromatic rings. The van der Waals surface area contributed by atoms with Gasteiger partial charge in [-0.15, -0.1) is 0 Å². The summed E-state index contributed by atoms with van der Waals surface area (Å²) < 4.78 is 5.37. The number of rotatable bonds is 2. The van der Waals surface area contributed by atoms with Gasteiger partial charge in [-0.2, -0.15) is 0 Å². The Morgan fingerprint density at radius 3 is 2.64 bits per heavy atom. The third-order valence-corrected chi connectivity index (χ3v) is 2.45. The summed E-state index contributed by atoms with van der Waals surface area (Å²) >= 11 is 0. The van der Waals surface area contributed by atoms with Crippen LogP contribution >= 0.6 is 0 Å². The molecular weight excluding hydrogens is 178 g/mol. The predicted molar refractivity (Wildman–Crippen MR) is 56.1 cm³/mol. The van der Waals surface area contributed by atoms with Gasteiger partial charge < -0.3 is 4.74 Å². The molecule has 0 bridgehead atoms. The molecular formula is C11H21NO2. The van der Waals surface area contributed by atoms with Crippen LogP contribution in [-0.2, 0) is 9.53 Å². The van der Waals surface area contributed by atoms with Crippen molar-refractivity contribution in [2.45, 2.75) is 52.2 Å². The van der Waals surface area contributed by atoms with E-state index in [0.29, 0.717) is 0 Å². The van der Waals surface area contributed by atoms with Gasteiger partial charge in [-0.3, -0.25) is 9.69 Å². The minimum absolute atomic E-state index is 0.000718. The zero-order valence-electron chi connectivity index (χ0n) is 9.67. The van der Waals surface area contributed by atoms with Gasteiger partial charge in [0, 0.05) is 0 Å². The monoisotopic (exact) mass is 199 g/mol. The van der Waals surface area contributed by atoms with Crippen molar-refractivity contribution in [2.24, 2.45) is 0 Å². The normalized spacial score (nSPS) is 23.9. The molecule has 1 saturated heterocycles. The van der Waals surface area contributed by atoms with E-state index in [-0.39, 0.29) is 17.6 Å². The maximum absolute atomic E-state index is 11.8. The summed E-state index contributed by atoms with van der Waals surface area (Å²) in [5, 5.41) is 0. The van der Waals surface area contributed by atoms with Crippen LogP contribution in [0.15, 0.2) is 0 Å². The molecule has 0 amide bonds. The number of hydrogen-bond acceptors (Lipinski definition) is 3. The Morgan fingerprint density at radius 1 is 1.50 bits per heavy atom. The van der Waals surface area contributed by atoms with E-state index < -0.39 is 0 Å². The Labute approximate surface area is 86.4 Å². The number of nitrogens with zero attached hydrogens (tertiary/aromatic N) is 1. The third kappa shape index (κ3) is 2.98. The summed E-state index contributed by atoms with van der Waals surface area (Å²) in [6, 6.07) is -0.000718. The minimum atomic E-state index is -0.362. The highest BCUT2D eigenvalue weighted by molar-refractivity contribution is 5.76. The number of likely N-dealkylation sites (N-methyl/N-ethyl adjacent to an activating group) is 1. The maximum Gasteiger partial charge on any atom is 0.323 e. The highest BCUT2D eigenvalue weighted by atomic mass is 16.6. The largest absolute Gasteiger partial charge is 0.459 e. The van der Waals surface area contributed by atoms with Gasteiger partial charge in [0.2, 0.25) is 0 Å². The van der Waals surface area contributed by atoms with Gasteiger partial charge >= 0.3 is 5.97 Å². The number of carbonyl (C=O) groups excluding carboxylic acids is 1. The molecule has 1 rings (SSSR count). The average Bonchev–Trinajstić information content (AvgIpc) is 2.47. The van der Waals surface area contributed by atoms with E-state index in [0.717, 1.165) is 25.9 Å². The van der Waals surface area contributed by atoms with Crippen molar-refractivity contribution in [3.05, 3.63) is 0 Å². The van der Waals surface area contributed by atoms with Gasteiger partial charge in [0.15, 0.2) is 0 Å². The first-order valence-corrected chi connectivity index (χ1v) is 5.41. The summed E-state index contributed by atoms with van der Waals surface area (Å²) in [6.45, 7) is 9.79. The average molecular weight is 199 g/mol. The van der Waals surface area contributed by atoms with E-state index in [9.17, 15) is 4.79 Å². The molecule has 1 aliphatic heterocycles. The van der Waals surface area contributed by atoms with Gasteiger partial charge in [0.05, 0.1) is 0 Å². The maximum atomic E-state index is 11.8. The van der Waals surface area contributed by atoms with E-state index in [1.54, 1.807) is 0 Å². The second kappa shape index (κ2) is 4.30. The van der Waals surface area contributed by atoms with Crippen LogP contribution in [0.4, 0.5) is 0 Å². The summed E-state index contributed by atoms with van der Waals surface area (Å²) in [6.07, 6.45) is 2.06. The standard InChI is InChI=1S/C11H21NO2/c1-5-12-8-6-7-9(12)10(13)14-11(2,3)4/h9H,5-8H2,1-4H3/t9-/m1/s1. The number of hydrogen-bond donors (Lipinski definition) is 0. The quantitative estimate of drug-likeness (QED) is 0.635. The van der Waals surface area contributed by atoms with Crippen molar-refractivity contribution >= 4 is 5.97 Å². The molecule has 1 aliphatic rings. The number of ether oxygens (including phenoxy) is 1. The molecule has 0 N–H and O–H groups in total. The van der Waals surface area contributed by atoms with Crippen molar-refractivity contribution in [1.82, 2.24) is 4.90 Å². The minimum Gasteiger partial charge on any atom is -0.459 e. The van der Waals surface area contributed by atoms with Crippen LogP contribution in [0.3, 0.4) is 0 Å². The SMILES string of the molecule is CCN1CCC[C@@H]1C(=O)OC(C)(C)C. The molecule has 0 aliphatic carbocycles. The van der Waals surface area contributed by atoms with E-state index in [2.05, 4.69) is 11.8 Å². The third-order valence-electron chi connectivity index (χ3n) is 2.45. The van der Waals surface area contributed by atoms with Gasteiger partial charge in [0.1, 0.15) is 11.6 Å². The second-order valence-corrected chi connectivity index (χ2v) is 4.82. The van der Waals surface area contributed by atoms with Gasteiger partial charge in [-0.1, -0.05) is 6.92 Å². The molecule has 1 atom stereocenters. The lowest BCUT2D eigenvalue weighted by molar-refractivity contribution is -0.160. The zero-order chi connectivity index (χ0) is 10.8. The Hall–Kier alpha value is -0.570. The zero-order valence-corrected chi connectivity index (χ0v) is 9.67. The van der Waals surface area contributed by atoms with Crippen LogP contribution in [0.5, 0.6) is 0 Å². The fourth-order valence-corrected chi connectivity index (χ4v) is 1.84. The number of likely N-dealkylation sites (tertiary alicyclic amines) is 1. The molecule has 1 heterocycles. The highest BCUT2D eigenvalue weighted by Crippen LogP contribution is 2.20. The van der Waals surface area contributed by atoms with Crippen LogP contribution in [0.2, 0.25) is 0 Å². The lowest BCUT2D eigenvalue weighted by Gasteiger charge is -2.26. The van der Waals surface area contributed by atoms with Crippen LogP contribution in [0.25, 0.3) is 0 Å². The van der Waals surface area contributed by atoms with E-state index in [1.165, 1.54) is 0 Å². The first-order valence-electron chi connectivity index (χ1n) is 5.41. The van der Waals surface area contributed by atoms with E-state index in [4.69, 9.17) is 4.74 Å². The van der Waals surface area contributed by atoms with Crippen LogP contribution in [0.1, 0.15) is 40.5 Å².